The number of hydrogen-bond acceptors (Lipinski definition) is 7. The Morgan fingerprint density at radius 2 is 1.96 bits per heavy atom. The molecule has 0 atom stereocenters. The summed E-state index contributed by atoms with van der Waals surface area (Å²) < 4.78 is 7.13. The molecule has 2 aromatic heterocycles. The Labute approximate surface area is 150 Å². The van der Waals surface area contributed by atoms with Crippen molar-refractivity contribution in [1.82, 2.24) is 10.2 Å². The van der Waals surface area contributed by atoms with Gasteiger partial charge in [-0.15, -0.1) is 10.2 Å². The molecule has 0 aliphatic heterocycles. The second-order valence-electron chi connectivity index (χ2n) is 4.74. The fourth-order valence-corrected chi connectivity index (χ4v) is 5.12. The smallest absolute Gasteiger partial charge is 0.336 e. The van der Waals surface area contributed by atoms with Gasteiger partial charge in [-0.3, -0.25) is 0 Å². The number of benzene rings is 1. The zero-order chi connectivity index (χ0) is 16.4. The third-order valence-corrected chi connectivity index (χ3v) is 6.64. The molecule has 0 amide bonds. The van der Waals surface area contributed by atoms with Crippen LogP contribution in [0.2, 0.25) is 5.02 Å². The summed E-state index contributed by atoms with van der Waals surface area (Å²) in [6, 6.07) is 5.17. The summed E-state index contributed by atoms with van der Waals surface area (Å²) in [4.78, 5) is 11.8. The van der Waals surface area contributed by atoms with Crippen molar-refractivity contribution in [2.75, 3.05) is 5.75 Å². The lowest BCUT2D eigenvalue weighted by molar-refractivity contribution is 0.559. The molecule has 4 nitrogen and oxygen atoms in total. The van der Waals surface area contributed by atoms with Gasteiger partial charge in [0.05, 0.1) is 0 Å². The number of nitrogens with zero attached hydrogens (tertiary/aromatic N) is 2. The van der Waals surface area contributed by atoms with E-state index in [4.69, 9.17) is 16.0 Å². The standard InChI is InChI=1S/C15H13ClN2O2S3/c1-3-21-14-17-18-15(23-14)22-7-9-5-13(19)20-12-4-8(2)11(16)6-10(9)12/h4-6H,3,7H2,1-2H3. The van der Waals surface area contributed by atoms with Gasteiger partial charge in [0.1, 0.15) is 5.58 Å². The lowest BCUT2D eigenvalue weighted by Gasteiger charge is -2.06. The predicted octanol–water partition coefficient (Wildman–Crippen LogP) is 5.01. The Hall–Kier alpha value is -1.02. The fourth-order valence-electron chi connectivity index (χ4n) is 2.04. The van der Waals surface area contributed by atoms with Crippen LogP contribution in [-0.4, -0.2) is 16.0 Å². The maximum atomic E-state index is 11.8. The Balaban J connectivity index is 1.89. The van der Waals surface area contributed by atoms with Gasteiger partial charge >= 0.3 is 5.63 Å². The average molecular weight is 385 g/mol. The maximum absolute atomic E-state index is 11.8. The van der Waals surface area contributed by atoms with Crippen molar-refractivity contribution in [2.45, 2.75) is 28.3 Å². The quantitative estimate of drug-likeness (QED) is 0.455. The van der Waals surface area contributed by atoms with E-state index in [-0.39, 0.29) is 5.63 Å². The number of thioether (sulfide) groups is 2. The third kappa shape index (κ3) is 3.91. The van der Waals surface area contributed by atoms with Crippen LogP contribution in [-0.2, 0) is 5.75 Å². The lowest BCUT2D eigenvalue weighted by atomic mass is 10.1. The molecule has 3 aromatic rings. The van der Waals surface area contributed by atoms with Gasteiger partial charge in [-0.1, -0.05) is 53.4 Å². The Morgan fingerprint density at radius 1 is 1.22 bits per heavy atom. The molecule has 1 aromatic carbocycles. The summed E-state index contributed by atoms with van der Waals surface area (Å²) in [5.41, 5.74) is 1.99. The first-order valence-corrected chi connectivity index (χ1v) is 10.1. The molecule has 0 saturated heterocycles. The second-order valence-corrected chi connectivity index (χ2v) is 8.86. The molecule has 2 heterocycles. The van der Waals surface area contributed by atoms with Crippen LogP contribution >= 0.6 is 46.5 Å². The lowest BCUT2D eigenvalue weighted by Crippen LogP contribution is -2.00. The number of halogens is 1. The molecule has 3 rings (SSSR count). The van der Waals surface area contributed by atoms with E-state index in [0.29, 0.717) is 16.4 Å². The highest BCUT2D eigenvalue weighted by Crippen LogP contribution is 2.33. The van der Waals surface area contributed by atoms with Crippen molar-refractivity contribution < 1.29 is 4.42 Å². The minimum Gasteiger partial charge on any atom is -0.423 e. The van der Waals surface area contributed by atoms with Crippen molar-refractivity contribution in [3.63, 3.8) is 0 Å². The van der Waals surface area contributed by atoms with E-state index >= 15 is 0 Å². The third-order valence-electron chi connectivity index (χ3n) is 3.12. The topological polar surface area (TPSA) is 56.0 Å². The van der Waals surface area contributed by atoms with E-state index in [1.807, 2.05) is 13.0 Å². The van der Waals surface area contributed by atoms with Crippen molar-refractivity contribution in [3.8, 4) is 0 Å². The number of rotatable bonds is 5. The first-order valence-electron chi connectivity index (χ1n) is 6.89. The van der Waals surface area contributed by atoms with Crippen LogP contribution in [0.5, 0.6) is 0 Å². The van der Waals surface area contributed by atoms with Crippen LogP contribution in [0, 0.1) is 6.92 Å². The Bertz CT molecular complexity index is 907. The summed E-state index contributed by atoms with van der Waals surface area (Å²) in [6.07, 6.45) is 0. The van der Waals surface area contributed by atoms with Crippen molar-refractivity contribution in [3.05, 3.63) is 44.8 Å². The first kappa shape index (κ1) is 16.8. The van der Waals surface area contributed by atoms with Gasteiger partial charge in [-0.05, 0) is 35.9 Å². The molecule has 0 fully saturated rings. The molecule has 0 N–H and O–H groups in total. The predicted molar refractivity (Wildman–Crippen MR) is 98.1 cm³/mol. The van der Waals surface area contributed by atoms with Gasteiger partial charge in [-0.25, -0.2) is 4.79 Å². The molecule has 0 unspecified atom stereocenters. The SMILES string of the molecule is CCSc1nnc(SCc2cc(=O)oc3cc(C)c(Cl)cc23)s1. The van der Waals surface area contributed by atoms with Gasteiger partial charge in [-0.2, -0.15) is 0 Å². The summed E-state index contributed by atoms with van der Waals surface area (Å²) in [7, 11) is 0. The van der Waals surface area contributed by atoms with E-state index in [9.17, 15) is 4.79 Å². The molecular weight excluding hydrogens is 372 g/mol. The molecule has 23 heavy (non-hydrogen) atoms. The number of aromatic nitrogens is 2. The molecule has 0 radical (unpaired) electrons. The zero-order valence-electron chi connectivity index (χ0n) is 12.5. The van der Waals surface area contributed by atoms with Gasteiger partial charge in [0.15, 0.2) is 8.68 Å². The molecular formula is C15H13ClN2O2S3. The summed E-state index contributed by atoms with van der Waals surface area (Å²) in [5.74, 6) is 1.59. The summed E-state index contributed by atoms with van der Waals surface area (Å²) in [6.45, 7) is 3.97. The maximum Gasteiger partial charge on any atom is 0.336 e. The Morgan fingerprint density at radius 3 is 2.70 bits per heavy atom. The van der Waals surface area contributed by atoms with Crippen molar-refractivity contribution >= 4 is 57.4 Å². The van der Waals surface area contributed by atoms with Gasteiger partial charge in [0.2, 0.25) is 0 Å². The van der Waals surface area contributed by atoms with Crippen LogP contribution in [0.1, 0.15) is 18.1 Å². The van der Waals surface area contributed by atoms with Crippen LogP contribution < -0.4 is 5.63 Å². The molecule has 0 spiro atoms. The van der Waals surface area contributed by atoms with E-state index in [1.54, 1.807) is 40.9 Å². The van der Waals surface area contributed by atoms with Crippen molar-refractivity contribution in [1.29, 1.82) is 0 Å². The highest BCUT2D eigenvalue weighted by molar-refractivity contribution is 8.02. The first-order chi connectivity index (χ1) is 11.1. The molecule has 0 bridgehead atoms. The fraction of sp³-hybridized carbons (Fsp3) is 0.267. The highest BCUT2D eigenvalue weighted by Gasteiger charge is 2.11. The molecule has 0 aliphatic carbocycles. The van der Waals surface area contributed by atoms with Gasteiger partial charge in [0.25, 0.3) is 0 Å². The van der Waals surface area contributed by atoms with E-state index < -0.39 is 0 Å². The molecule has 120 valence electrons. The summed E-state index contributed by atoms with van der Waals surface area (Å²) in [5, 5.41) is 9.82. The second kappa shape index (κ2) is 7.25. The van der Waals surface area contributed by atoms with Gasteiger partial charge < -0.3 is 4.42 Å². The molecule has 8 heteroatoms. The average Bonchev–Trinajstić information content (AvgIpc) is 2.95. The van der Waals surface area contributed by atoms with Crippen LogP contribution in [0.25, 0.3) is 11.0 Å². The van der Waals surface area contributed by atoms with Crippen LogP contribution in [0.15, 0.2) is 36.1 Å². The van der Waals surface area contributed by atoms with Crippen LogP contribution in [0.4, 0.5) is 0 Å². The van der Waals surface area contributed by atoms with E-state index in [2.05, 4.69) is 17.1 Å². The largest absolute Gasteiger partial charge is 0.423 e. The zero-order valence-corrected chi connectivity index (χ0v) is 15.7. The summed E-state index contributed by atoms with van der Waals surface area (Å²) >= 11 is 11.0. The minimum atomic E-state index is -0.352. The minimum absolute atomic E-state index is 0.352. The van der Waals surface area contributed by atoms with E-state index in [1.165, 1.54) is 6.07 Å². The molecule has 0 saturated carbocycles. The van der Waals surface area contributed by atoms with Crippen LogP contribution in [0.3, 0.4) is 0 Å². The number of aryl methyl sites for hydroxylation is 1. The van der Waals surface area contributed by atoms with Gasteiger partial charge in [0, 0.05) is 22.2 Å². The number of hydrogen-bond donors (Lipinski definition) is 0. The highest BCUT2D eigenvalue weighted by atomic mass is 35.5. The Kier molecular flexibility index (Phi) is 5.31. The monoisotopic (exact) mass is 384 g/mol. The molecule has 0 aliphatic rings. The van der Waals surface area contributed by atoms with E-state index in [0.717, 1.165) is 30.9 Å². The normalized spacial score (nSPS) is 11.3. The van der Waals surface area contributed by atoms with Crippen molar-refractivity contribution in [2.24, 2.45) is 0 Å². The number of fused-ring (bicyclic) bond motifs is 1.